The van der Waals surface area contributed by atoms with Crippen LogP contribution in [0.1, 0.15) is 0 Å². The van der Waals surface area contributed by atoms with Gasteiger partial charge in [0.05, 0.1) is 27.8 Å². The molecule has 0 unspecified atom stereocenters. The molecule has 0 saturated carbocycles. The summed E-state index contributed by atoms with van der Waals surface area (Å²) in [7, 11) is 0. The van der Waals surface area contributed by atoms with Crippen molar-refractivity contribution >= 4 is 119 Å². The fourth-order valence-electron chi connectivity index (χ4n) is 11.9. The number of benzene rings is 13. The molecule has 16 rings (SSSR count). The molecule has 0 radical (unpaired) electrons. The zero-order chi connectivity index (χ0) is 44.2. The second-order valence-electron chi connectivity index (χ2n) is 18.4. The van der Waals surface area contributed by atoms with Gasteiger partial charge in [-0.25, -0.2) is 4.98 Å². The Labute approximate surface area is 388 Å². The molecule has 0 N–H and O–H groups in total. The molecule has 0 aliphatic heterocycles. The zero-order valence-corrected chi connectivity index (χ0v) is 36.4. The van der Waals surface area contributed by atoms with Gasteiger partial charge in [0, 0.05) is 38.1 Å². The molecule has 0 bridgehead atoms. The number of fused-ring (bicyclic) bond motifs is 8. The third kappa shape index (κ3) is 4.86. The second kappa shape index (κ2) is 13.2. The number of nitrogens with zero attached hydrogens (tertiary/aromatic N) is 5. The number of rotatable bonds is 4. The smallest absolute Gasteiger partial charge is 0.238 e. The molecule has 0 atom stereocenters. The monoisotopic (exact) mass is 861 g/mol. The fourth-order valence-corrected chi connectivity index (χ4v) is 11.9. The Kier molecular flexibility index (Phi) is 7.01. The van der Waals surface area contributed by atoms with Gasteiger partial charge in [-0.05, 0) is 119 Å². The van der Waals surface area contributed by atoms with Gasteiger partial charge in [-0.15, -0.1) is 0 Å². The highest BCUT2D eigenvalue weighted by Gasteiger charge is 2.24. The number of para-hydroxylation sites is 2. The van der Waals surface area contributed by atoms with Gasteiger partial charge in [-0.3, -0.25) is 4.57 Å². The predicted molar refractivity (Wildman–Crippen MR) is 284 cm³/mol. The topological polar surface area (TPSA) is 48.5 Å². The largest absolute Gasteiger partial charge is 0.309 e. The average molecular weight is 862 g/mol. The van der Waals surface area contributed by atoms with Crippen LogP contribution < -0.4 is 0 Å². The Bertz CT molecular complexity index is 4510. The molecule has 3 aromatic heterocycles. The van der Waals surface area contributed by atoms with Gasteiger partial charge >= 0.3 is 0 Å². The first-order valence-corrected chi connectivity index (χ1v) is 23.3. The molecule has 5 heteroatoms. The Balaban J connectivity index is 1.03. The van der Waals surface area contributed by atoms with E-state index in [0.29, 0.717) is 17.6 Å². The van der Waals surface area contributed by atoms with E-state index in [1.807, 2.05) is 0 Å². The van der Waals surface area contributed by atoms with E-state index in [1.54, 1.807) is 0 Å². The summed E-state index contributed by atoms with van der Waals surface area (Å²) in [4.78, 5) is 16.6. The van der Waals surface area contributed by atoms with Crippen molar-refractivity contribution in [3.63, 3.8) is 0 Å². The van der Waals surface area contributed by atoms with Crippen LogP contribution in [0.5, 0.6) is 0 Å². The molecule has 0 aliphatic carbocycles. The minimum Gasteiger partial charge on any atom is -0.309 e. The van der Waals surface area contributed by atoms with Crippen molar-refractivity contribution in [1.82, 2.24) is 24.1 Å². The van der Waals surface area contributed by atoms with Crippen LogP contribution in [-0.4, -0.2) is 24.1 Å². The van der Waals surface area contributed by atoms with Crippen molar-refractivity contribution in [2.75, 3.05) is 0 Å². The first kappa shape index (κ1) is 36.1. The lowest BCUT2D eigenvalue weighted by Gasteiger charge is -2.15. The number of aromatic nitrogens is 5. The molecule has 0 fully saturated rings. The van der Waals surface area contributed by atoms with Crippen LogP contribution >= 0.6 is 0 Å². The third-order valence-electron chi connectivity index (χ3n) is 14.7. The van der Waals surface area contributed by atoms with Gasteiger partial charge in [0.2, 0.25) is 5.95 Å². The summed E-state index contributed by atoms with van der Waals surface area (Å²) in [5.74, 6) is 1.81. The van der Waals surface area contributed by atoms with Gasteiger partial charge < -0.3 is 4.57 Å². The lowest BCUT2D eigenvalue weighted by molar-refractivity contribution is 0.956. The van der Waals surface area contributed by atoms with E-state index in [4.69, 9.17) is 15.0 Å². The fraction of sp³-hybridized carbons (Fsp3) is 0. The van der Waals surface area contributed by atoms with Crippen LogP contribution in [0.15, 0.2) is 212 Å². The Morgan fingerprint density at radius 1 is 0.265 bits per heavy atom. The average Bonchev–Trinajstić information content (AvgIpc) is 3.92. The van der Waals surface area contributed by atoms with Gasteiger partial charge in [-0.2, -0.15) is 9.97 Å². The molecule has 13 aromatic carbocycles. The highest BCUT2D eigenvalue weighted by molar-refractivity contribution is 6.27. The van der Waals surface area contributed by atoms with E-state index in [9.17, 15) is 0 Å². The Morgan fingerprint density at radius 3 is 1.29 bits per heavy atom. The van der Waals surface area contributed by atoms with E-state index >= 15 is 0 Å². The standard InChI is InChI=1S/C63H35N5/c1-2-16-47-36(10-1)11-9-21-51(47)67-53-20-6-4-18-50(53)59-54(67)31-30-49-48-17-3-5-19-52(48)68(60(49)59)63-65-61(45-32-41-26-22-37-12-7-13-38-23-27-42(33-45)57(41)55(37)38)64-62(66-63)46-34-43-28-24-39-14-8-15-40-25-29-44(35-46)58(43)56(39)40/h1-35H. The maximum absolute atomic E-state index is 5.58. The van der Waals surface area contributed by atoms with Crippen LogP contribution in [0.2, 0.25) is 0 Å². The minimum absolute atomic E-state index is 0.570. The van der Waals surface area contributed by atoms with Crippen LogP contribution in [0.4, 0.5) is 0 Å². The minimum atomic E-state index is 0.570. The van der Waals surface area contributed by atoms with Gasteiger partial charge in [0.1, 0.15) is 0 Å². The summed E-state index contributed by atoms with van der Waals surface area (Å²) in [6.45, 7) is 0. The summed E-state index contributed by atoms with van der Waals surface area (Å²) < 4.78 is 4.74. The zero-order valence-electron chi connectivity index (χ0n) is 36.4. The third-order valence-corrected chi connectivity index (χ3v) is 14.7. The van der Waals surface area contributed by atoms with Gasteiger partial charge in [0.15, 0.2) is 11.6 Å². The molecule has 3 heterocycles. The first-order chi connectivity index (χ1) is 33.7. The van der Waals surface area contributed by atoms with E-state index in [0.717, 1.165) is 76.6 Å². The van der Waals surface area contributed by atoms with Crippen molar-refractivity contribution in [2.45, 2.75) is 0 Å². The Hall–Kier alpha value is -9.19. The van der Waals surface area contributed by atoms with E-state index in [1.165, 1.54) is 59.2 Å². The van der Waals surface area contributed by atoms with Crippen molar-refractivity contribution in [3.05, 3.63) is 212 Å². The molecule has 0 amide bonds. The molecule has 16 aromatic rings. The van der Waals surface area contributed by atoms with Crippen molar-refractivity contribution in [1.29, 1.82) is 0 Å². The van der Waals surface area contributed by atoms with Gasteiger partial charge in [-0.1, -0.05) is 164 Å². The quantitative estimate of drug-likeness (QED) is 0.166. The molecule has 5 nitrogen and oxygen atoms in total. The van der Waals surface area contributed by atoms with Crippen LogP contribution in [-0.2, 0) is 0 Å². The van der Waals surface area contributed by atoms with E-state index in [-0.39, 0.29) is 0 Å². The van der Waals surface area contributed by atoms with Crippen molar-refractivity contribution in [3.8, 4) is 34.4 Å². The summed E-state index contributed by atoms with van der Waals surface area (Å²) in [5.41, 5.74) is 7.38. The summed E-state index contributed by atoms with van der Waals surface area (Å²) >= 11 is 0. The normalized spacial score (nSPS) is 12.4. The molecule has 0 spiro atoms. The second-order valence-corrected chi connectivity index (χ2v) is 18.4. The van der Waals surface area contributed by atoms with E-state index < -0.39 is 0 Å². The molecular formula is C63H35N5. The first-order valence-electron chi connectivity index (χ1n) is 23.3. The van der Waals surface area contributed by atoms with Crippen LogP contribution in [0, 0.1) is 0 Å². The molecule has 0 saturated heterocycles. The Morgan fingerprint density at radius 2 is 0.706 bits per heavy atom. The summed E-state index contributed by atoms with van der Waals surface area (Å²) in [5, 5.41) is 21.7. The number of hydrogen-bond acceptors (Lipinski definition) is 3. The maximum Gasteiger partial charge on any atom is 0.238 e. The predicted octanol–water partition coefficient (Wildman–Crippen LogP) is 16.3. The van der Waals surface area contributed by atoms with Crippen molar-refractivity contribution in [2.24, 2.45) is 0 Å². The summed E-state index contributed by atoms with van der Waals surface area (Å²) in [6.07, 6.45) is 0. The lowest BCUT2D eigenvalue weighted by atomic mass is 9.92. The molecule has 68 heavy (non-hydrogen) atoms. The molecule has 312 valence electrons. The highest BCUT2D eigenvalue weighted by atomic mass is 15.2. The van der Waals surface area contributed by atoms with E-state index in [2.05, 4.69) is 221 Å². The van der Waals surface area contributed by atoms with Gasteiger partial charge in [0.25, 0.3) is 0 Å². The molecular weight excluding hydrogens is 827 g/mol. The highest BCUT2D eigenvalue weighted by Crippen LogP contribution is 2.44. The lowest BCUT2D eigenvalue weighted by Crippen LogP contribution is -2.07. The maximum atomic E-state index is 5.58. The van der Waals surface area contributed by atoms with Crippen LogP contribution in [0.3, 0.4) is 0 Å². The SMILES string of the molecule is c1ccc2c(-n3c4ccccc4c4c3ccc3c5ccccc5n(-c5nc(-c6cc7ccc8cccc9ccc(c6)c7c89)nc(-c6cc7ccc8cccc9ccc(c6)c7c89)n5)c34)cccc2c1. The molecule has 0 aliphatic rings. The number of hydrogen-bond donors (Lipinski definition) is 0. The van der Waals surface area contributed by atoms with Crippen LogP contribution in [0.25, 0.3) is 153 Å². The van der Waals surface area contributed by atoms with Crippen molar-refractivity contribution < 1.29 is 0 Å². The summed E-state index contributed by atoms with van der Waals surface area (Å²) in [6, 6.07) is 77.4.